The van der Waals surface area contributed by atoms with Crippen molar-refractivity contribution in [3.8, 4) is 0 Å². The molecular formula is C11H18N6O2. The van der Waals surface area contributed by atoms with Crippen molar-refractivity contribution in [3.63, 3.8) is 0 Å². The number of fused-ring (bicyclic) bond motifs is 1. The number of methoxy groups -OCH3 is 1. The lowest BCUT2D eigenvalue weighted by molar-refractivity contribution is 0.0615. The maximum Gasteiger partial charge on any atom is 0.226 e. The number of hydrogen-bond acceptors (Lipinski definition) is 7. The minimum Gasteiger partial charge on any atom is -0.391 e. The number of aromatic nitrogens is 4. The summed E-state index contributed by atoms with van der Waals surface area (Å²) in [5, 5.41) is 15.6. The lowest BCUT2D eigenvalue weighted by Crippen LogP contribution is -2.19. The van der Waals surface area contributed by atoms with E-state index in [1.807, 2.05) is 0 Å². The van der Waals surface area contributed by atoms with Crippen molar-refractivity contribution >= 4 is 22.9 Å². The van der Waals surface area contributed by atoms with Gasteiger partial charge in [0.1, 0.15) is 5.52 Å². The number of ether oxygens (including phenoxy) is 1. The van der Waals surface area contributed by atoms with Crippen molar-refractivity contribution in [1.82, 2.24) is 19.9 Å². The molecule has 1 atom stereocenters. The Morgan fingerprint density at radius 2 is 2.32 bits per heavy atom. The Labute approximate surface area is 110 Å². The first-order valence-corrected chi connectivity index (χ1v) is 6.04. The van der Waals surface area contributed by atoms with E-state index in [1.54, 1.807) is 20.5 Å². The second kappa shape index (κ2) is 6.30. The third kappa shape index (κ3) is 3.30. The number of anilines is 2. The minimum absolute atomic E-state index is 0.326. The average Bonchev–Trinajstić information content (AvgIpc) is 2.87. The molecule has 0 aliphatic rings. The fraction of sp³-hybridized carbons (Fsp3) is 0.545. The zero-order chi connectivity index (χ0) is 13.7. The molecule has 8 nitrogen and oxygen atoms in total. The molecule has 0 aliphatic carbocycles. The minimum atomic E-state index is -0.486. The van der Waals surface area contributed by atoms with Crippen molar-refractivity contribution in [2.45, 2.75) is 12.5 Å². The van der Waals surface area contributed by atoms with Crippen LogP contribution in [0.25, 0.3) is 11.2 Å². The summed E-state index contributed by atoms with van der Waals surface area (Å²) in [5.41, 5.74) is 1.35. The Bertz CT molecular complexity index is 529. The van der Waals surface area contributed by atoms with Gasteiger partial charge in [0, 0.05) is 20.7 Å². The molecule has 2 heterocycles. The number of nitrogens with zero attached hydrogens (tertiary/aromatic N) is 3. The largest absolute Gasteiger partial charge is 0.391 e. The number of aliphatic hydroxyl groups excluding tert-OH is 1. The Kier molecular flexibility index (Phi) is 4.48. The third-order valence-corrected chi connectivity index (χ3v) is 2.64. The number of H-pyrrole nitrogens is 1. The average molecular weight is 266 g/mol. The summed E-state index contributed by atoms with van der Waals surface area (Å²) in [5.74, 6) is 1.16. The molecule has 0 fully saturated rings. The number of aromatic amines is 1. The molecule has 0 saturated heterocycles. The van der Waals surface area contributed by atoms with E-state index in [0.717, 1.165) is 5.52 Å². The monoisotopic (exact) mass is 266 g/mol. The molecule has 8 heteroatoms. The van der Waals surface area contributed by atoms with E-state index in [9.17, 15) is 5.11 Å². The van der Waals surface area contributed by atoms with Crippen LogP contribution in [0.5, 0.6) is 0 Å². The molecule has 2 aromatic rings. The van der Waals surface area contributed by atoms with Gasteiger partial charge in [-0.25, -0.2) is 4.98 Å². The lowest BCUT2D eigenvalue weighted by Gasteiger charge is -2.11. The van der Waals surface area contributed by atoms with Crippen LogP contribution >= 0.6 is 0 Å². The van der Waals surface area contributed by atoms with Crippen LogP contribution in [0.4, 0.5) is 11.8 Å². The lowest BCUT2D eigenvalue weighted by atomic mass is 10.2. The van der Waals surface area contributed by atoms with E-state index in [1.165, 1.54) is 0 Å². The molecule has 0 saturated carbocycles. The van der Waals surface area contributed by atoms with Gasteiger partial charge in [-0.15, -0.1) is 0 Å². The Balaban J connectivity index is 2.04. The third-order valence-electron chi connectivity index (χ3n) is 2.64. The fourth-order valence-corrected chi connectivity index (χ4v) is 1.71. The molecule has 19 heavy (non-hydrogen) atoms. The number of rotatable bonds is 7. The summed E-state index contributed by atoms with van der Waals surface area (Å²) in [7, 11) is 3.31. The number of nitrogens with one attached hydrogen (secondary N) is 3. The predicted molar refractivity (Wildman–Crippen MR) is 72.2 cm³/mol. The van der Waals surface area contributed by atoms with E-state index >= 15 is 0 Å². The maximum absolute atomic E-state index is 9.57. The molecule has 104 valence electrons. The zero-order valence-corrected chi connectivity index (χ0v) is 11.0. The number of imidazole rings is 1. The van der Waals surface area contributed by atoms with Crippen LogP contribution in [0.1, 0.15) is 6.42 Å². The summed E-state index contributed by atoms with van der Waals surface area (Å²) in [6.45, 7) is 0.908. The van der Waals surface area contributed by atoms with Crippen LogP contribution in [0.15, 0.2) is 6.33 Å². The van der Waals surface area contributed by atoms with Gasteiger partial charge in [-0.2, -0.15) is 9.97 Å². The van der Waals surface area contributed by atoms with Gasteiger partial charge in [0.2, 0.25) is 5.95 Å². The Morgan fingerprint density at radius 1 is 1.47 bits per heavy atom. The second-order valence-electron chi connectivity index (χ2n) is 4.07. The highest BCUT2D eigenvalue weighted by molar-refractivity contribution is 5.83. The highest BCUT2D eigenvalue weighted by Crippen LogP contribution is 2.18. The van der Waals surface area contributed by atoms with Gasteiger partial charge in [0.05, 0.1) is 19.0 Å². The molecule has 0 bridgehead atoms. The Morgan fingerprint density at radius 3 is 3.05 bits per heavy atom. The van der Waals surface area contributed by atoms with Gasteiger partial charge in [-0.3, -0.25) is 0 Å². The van der Waals surface area contributed by atoms with E-state index in [2.05, 4.69) is 30.6 Å². The van der Waals surface area contributed by atoms with Crippen molar-refractivity contribution in [2.75, 3.05) is 37.9 Å². The van der Waals surface area contributed by atoms with Gasteiger partial charge in [0.15, 0.2) is 11.5 Å². The predicted octanol–water partition coefficient (Wildman–Crippen LogP) is 0.204. The second-order valence-corrected chi connectivity index (χ2v) is 4.07. The Hall–Kier alpha value is -1.93. The van der Waals surface area contributed by atoms with Crippen LogP contribution in [0.2, 0.25) is 0 Å². The van der Waals surface area contributed by atoms with Crippen LogP contribution in [-0.2, 0) is 4.74 Å². The topological polar surface area (TPSA) is 108 Å². The number of aliphatic hydroxyl groups is 1. The van der Waals surface area contributed by atoms with Gasteiger partial charge in [0.25, 0.3) is 0 Å². The molecule has 1 unspecified atom stereocenters. The van der Waals surface area contributed by atoms with E-state index in [4.69, 9.17) is 4.74 Å². The SMILES string of the molecule is CNc1nc(NCCC(O)COC)c2[nH]cnc2n1. The molecule has 0 aromatic carbocycles. The van der Waals surface area contributed by atoms with Gasteiger partial charge >= 0.3 is 0 Å². The molecule has 2 rings (SSSR count). The normalized spacial score (nSPS) is 12.6. The molecule has 0 spiro atoms. The first-order valence-electron chi connectivity index (χ1n) is 6.04. The summed E-state index contributed by atoms with van der Waals surface area (Å²) < 4.78 is 4.87. The first-order chi connectivity index (χ1) is 9.24. The van der Waals surface area contributed by atoms with Crippen molar-refractivity contribution < 1.29 is 9.84 Å². The van der Waals surface area contributed by atoms with Crippen LogP contribution in [0, 0.1) is 0 Å². The zero-order valence-electron chi connectivity index (χ0n) is 11.0. The van der Waals surface area contributed by atoms with E-state index in [-0.39, 0.29) is 0 Å². The summed E-state index contributed by atoms with van der Waals surface area (Å²) >= 11 is 0. The summed E-state index contributed by atoms with van der Waals surface area (Å²) in [4.78, 5) is 15.6. The molecular weight excluding hydrogens is 248 g/mol. The van der Waals surface area contributed by atoms with Crippen LogP contribution < -0.4 is 10.6 Å². The first kappa shape index (κ1) is 13.5. The van der Waals surface area contributed by atoms with Gasteiger partial charge in [-0.1, -0.05) is 0 Å². The van der Waals surface area contributed by atoms with Gasteiger partial charge in [-0.05, 0) is 6.42 Å². The van der Waals surface area contributed by atoms with Crippen LogP contribution in [-0.4, -0.2) is 58.5 Å². The van der Waals surface area contributed by atoms with Crippen LogP contribution in [0.3, 0.4) is 0 Å². The molecule has 2 aromatic heterocycles. The molecule has 4 N–H and O–H groups in total. The van der Waals surface area contributed by atoms with E-state index in [0.29, 0.717) is 37.0 Å². The molecule has 0 amide bonds. The summed E-state index contributed by atoms with van der Waals surface area (Å²) in [6.07, 6.45) is 1.66. The maximum atomic E-state index is 9.57. The quantitative estimate of drug-likeness (QED) is 0.567. The molecule has 0 radical (unpaired) electrons. The van der Waals surface area contributed by atoms with E-state index < -0.39 is 6.10 Å². The highest BCUT2D eigenvalue weighted by atomic mass is 16.5. The highest BCUT2D eigenvalue weighted by Gasteiger charge is 2.09. The van der Waals surface area contributed by atoms with Crippen molar-refractivity contribution in [2.24, 2.45) is 0 Å². The van der Waals surface area contributed by atoms with Crippen molar-refractivity contribution in [3.05, 3.63) is 6.33 Å². The molecule has 0 aliphatic heterocycles. The smallest absolute Gasteiger partial charge is 0.226 e. The summed E-state index contributed by atoms with van der Waals surface area (Å²) in [6, 6.07) is 0. The van der Waals surface area contributed by atoms with Gasteiger partial charge < -0.3 is 25.5 Å². The number of hydrogen-bond donors (Lipinski definition) is 4. The fourth-order valence-electron chi connectivity index (χ4n) is 1.71. The standard InChI is InChI=1S/C11H18N6O2/c1-12-11-16-9(8-10(17-11)15-6-14-8)13-4-3-7(18)5-19-2/h6-7,18H,3-5H2,1-2H3,(H3,12,13,14,15,16,17). The van der Waals surface area contributed by atoms with Crippen molar-refractivity contribution in [1.29, 1.82) is 0 Å².